The molecule has 0 radical (unpaired) electrons. The molecule has 0 unspecified atom stereocenters. The highest BCUT2D eigenvalue weighted by Gasteiger charge is 2.48. The number of nitrogens with zero attached hydrogens (tertiary/aromatic N) is 2. The molecule has 0 bridgehead atoms. The number of hydrogen-bond donors (Lipinski definition) is 6. The van der Waals surface area contributed by atoms with Crippen LogP contribution in [0.15, 0.2) is 47.4 Å². The summed E-state index contributed by atoms with van der Waals surface area (Å²) in [7, 11) is 0. The van der Waals surface area contributed by atoms with E-state index in [1.165, 1.54) is 12.3 Å². The Labute approximate surface area is 212 Å². The maximum absolute atomic E-state index is 13.2. The van der Waals surface area contributed by atoms with Crippen LogP contribution in [0.25, 0.3) is 0 Å². The van der Waals surface area contributed by atoms with Gasteiger partial charge in [0.05, 0.1) is 0 Å². The Morgan fingerprint density at radius 2 is 1.92 bits per heavy atom. The van der Waals surface area contributed by atoms with Crippen LogP contribution in [0.5, 0.6) is 0 Å². The van der Waals surface area contributed by atoms with Gasteiger partial charge < -0.3 is 36.6 Å². The van der Waals surface area contributed by atoms with Gasteiger partial charge in [0.25, 0.3) is 5.91 Å². The van der Waals surface area contributed by atoms with E-state index < -0.39 is 54.1 Å². The molecule has 4 rings (SSSR count). The molecule has 2 aliphatic rings. The number of hydrogen-bond acceptors (Lipinski definition) is 9. The van der Waals surface area contributed by atoms with E-state index in [-0.39, 0.29) is 18.1 Å². The zero-order valence-corrected chi connectivity index (χ0v) is 19.9. The molecule has 1 aromatic carbocycles. The molecule has 2 saturated heterocycles. The molecule has 1 aromatic heterocycles. The van der Waals surface area contributed by atoms with Crippen LogP contribution in [0.2, 0.25) is 0 Å². The third-order valence-electron chi connectivity index (χ3n) is 6.39. The van der Waals surface area contributed by atoms with Gasteiger partial charge >= 0.3 is 5.69 Å². The van der Waals surface area contributed by atoms with Crippen LogP contribution < -0.4 is 27.4 Å². The molecular formula is C24H30N6O7. The minimum Gasteiger partial charge on any atom is -0.387 e. The first-order valence-electron chi connectivity index (χ1n) is 12.0. The van der Waals surface area contributed by atoms with Crippen molar-refractivity contribution in [2.24, 2.45) is 0 Å². The quantitative estimate of drug-likeness (QED) is 0.241. The SMILES string of the molecule is Nc1ccn([C@@H]2O[C@H](C(=O)N[C@H](Cc3ccccc3)C(=O)N[C@H]3CCCCNC3=O)[C@@H](O)[C@H]2O)c(=O)n1. The molecular weight excluding hydrogens is 484 g/mol. The molecule has 2 aromatic rings. The molecule has 198 valence electrons. The van der Waals surface area contributed by atoms with Crippen molar-refractivity contribution in [2.45, 2.75) is 62.3 Å². The Hall–Kier alpha value is -3.81. The van der Waals surface area contributed by atoms with Crippen molar-refractivity contribution >= 4 is 23.5 Å². The zero-order chi connectivity index (χ0) is 26.5. The van der Waals surface area contributed by atoms with E-state index >= 15 is 0 Å². The number of carbonyl (C=O) groups excluding carboxylic acids is 3. The van der Waals surface area contributed by atoms with Crippen molar-refractivity contribution in [3.8, 4) is 0 Å². The first-order valence-corrected chi connectivity index (χ1v) is 12.0. The Morgan fingerprint density at radius 3 is 2.65 bits per heavy atom. The van der Waals surface area contributed by atoms with Crippen molar-refractivity contribution in [1.29, 1.82) is 0 Å². The second kappa shape index (κ2) is 11.5. The molecule has 0 saturated carbocycles. The fraction of sp³-hybridized carbons (Fsp3) is 0.458. The summed E-state index contributed by atoms with van der Waals surface area (Å²) < 4.78 is 6.46. The third-order valence-corrected chi connectivity index (χ3v) is 6.39. The Kier molecular flexibility index (Phi) is 8.16. The number of aliphatic hydroxyl groups excluding tert-OH is 2. The summed E-state index contributed by atoms with van der Waals surface area (Å²) in [6.45, 7) is 0.530. The smallest absolute Gasteiger partial charge is 0.351 e. The van der Waals surface area contributed by atoms with Gasteiger partial charge in [-0.05, 0) is 30.9 Å². The first-order chi connectivity index (χ1) is 17.7. The minimum atomic E-state index is -1.69. The van der Waals surface area contributed by atoms with E-state index in [1.54, 1.807) is 24.3 Å². The maximum atomic E-state index is 13.2. The molecule has 2 fully saturated rings. The van der Waals surface area contributed by atoms with Crippen LogP contribution in [0.4, 0.5) is 5.82 Å². The Bertz CT molecular complexity index is 1190. The van der Waals surface area contributed by atoms with Gasteiger partial charge in [0, 0.05) is 19.2 Å². The fourth-order valence-corrected chi connectivity index (χ4v) is 4.39. The summed E-state index contributed by atoms with van der Waals surface area (Å²) >= 11 is 0. The van der Waals surface area contributed by atoms with E-state index in [1.807, 2.05) is 6.07 Å². The summed E-state index contributed by atoms with van der Waals surface area (Å²) in [5, 5.41) is 29.0. The number of amides is 3. The molecule has 3 heterocycles. The number of anilines is 1. The lowest BCUT2D eigenvalue weighted by Gasteiger charge is -2.24. The van der Waals surface area contributed by atoms with E-state index in [9.17, 15) is 29.4 Å². The number of rotatable bonds is 7. The van der Waals surface area contributed by atoms with Gasteiger partial charge in [-0.3, -0.25) is 19.0 Å². The van der Waals surface area contributed by atoms with Gasteiger partial charge in [0.1, 0.15) is 30.1 Å². The molecule has 3 amide bonds. The molecule has 0 aliphatic carbocycles. The minimum absolute atomic E-state index is 0.0410. The second-order valence-corrected chi connectivity index (χ2v) is 9.07. The van der Waals surface area contributed by atoms with Gasteiger partial charge in [-0.2, -0.15) is 4.98 Å². The molecule has 37 heavy (non-hydrogen) atoms. The monoisotopic (exact) mass is 514 g/mol. The van der Waals surface area contributed by atoms with Crippen molar-refractivity contribution in [3.63, 3.8) is 0 Å². The zero-order valence-electron chi connectivity index (χ0n) is 19.9. The van der Waals surface area contributed by atoms with Crippen LogP contribution in [-0.2, 0) is 25.5 Å². The van der Waals surface area contributed by atoms with Gasteiger partial charge in [0.2, 0.25) is 11.8 Å². The molecule has 13 nitrogen and oxygen atoms in total. The lowest BCUT2D eigenvalue weighted by atomic mass is 10.0. The number of carbonyl (C=O) groups is 3. The van der Waals surface area contributed by atoms with Crippen molar-refractivity contribution in [1.82, 2.24) is 25.5 Å². The first kappa shape index (κ1) is 26.3. The number of nitrogen functional groups attached to an aromatic ring is 1. The van der Waals surface area contributed by atoms with Crippen LogP contribution >= 0.6 is 0 Å². The van der Waals surface area contributed by atoms with Gasteiger partial charge in [-0.1, -0.05) is 30.3 Å². The fourth-order valence-electron chi connectivity index (χ4n) is 4.39. The van der Waals surface area contributed by atoms with Gasteiger partial charge in [-0.15, -0.1) is 0 Å². The van der Waals surface area contributed by atoms with E-state index in [2.05, 4.69) is 20.9 Å². The maximum Gasteiger partial charge on any atom is 0.351 e. The number of benzene rings is 1. The average molecular weight is 515 g/mol. The topological polar surface area (TPSA) is 198 Å². The highest BCUT2D eigenvalue weighted by atomic mass is 16.6. The highest BCUT2D eigenvalue weighted by molar-refractivity contribution is 5.93. The number of aromatic nitrogens is 2. The largest absolute Gasteiger partial charge is 0.387 e. The number of nitrogens with one attached hydrogen (secondary N) is 3. The molecule has 0 spiro atoms. The number of ether oxygens (including phenoxy) is 1. The molecule has 6 atom stereocenters. The lowest BCUT2D eigenvalue weighted by Crippen LogP contribution is -2.56. The normalized spacial score (nSPS) is 26.5. The van der Waals surface area contributed by atoms with Gasteiger partial charge in [-0.25, -0.2) is 4.79 Å². The molecule has 7 N–H and O–H groups in total. The molecule has 2 aliphatic heterocycles. The third kappa shape index (κ3) is 6.13. The second-order valence-electron chi connectivity index (χ2n) is 9.07. The van der Waals surface area contributed by atoms with Crippen molar-refractivity contribution in [3.05, 3.63) is 58.6 Å². The van der Waals surface area contributed by atoms with Crippen LogP contribution in [0, 0.1) is 0 Å². The van der Waals surface area contributed by atoms with Crippen LogP contribution in [0.3, 0.4) is 0 Å². The summed E-state index contributed by atoms with van der Waals surface area (Å²) in [6.07, 6.45) is -2.96. The van der Waals surface area contributed by atoms with Crippen LogP contribution in [-0.4, -0.2) is 74.4 Å². The number of nitrogens with two attached hydrogens (primary N) is 1. The van der Waals surface area contributed by atoms with Crippen molar-refractivity contribution in [2.75, 3.05) is 12.3 Å². The predicted molar refractivity (Wildman–Crippen MR) is 130 cm³/mol. The summed E-state index contributed by atoms with van der Waals surface area (Å²) in [4.78, 5) is 54.4. The average Bonchev–Trinajstić information content (AvgIpc) is 3.02. The standard InChI is InChI=1S/C24H30N6O7/c25-16-9-11-30(24(36)29-16)23-18(32)17(31)19(37-23)22(35)28-15(12-13-6-2-1-3-7-13)21(34)27-14-8-4-5-10-26-20(14)33/h1-3,6-7,9,11,14-15,17-19,23,31-32H,4-5,8,10,12H2,(H,26,33)(H,27,34)(H,28,35)(H2,25,29,36)/t14-,15+,17-,18+,19-,23+/m0/s1. The van der Waals surface area contributed by atoms with E-state index in [4.69, 9.17) is 10.5 Å². The van der Waals surface area contributed by atoms with Crippen molar-refractivity contribution < 1.29 is 29.3 Å². The van der Waals surface area contributed by atoms with E-state index in [0.717, 1.165) is 23.0 Å². The Morgan fingerprint density at radius 1 is 1.16 bits per heavy atom. The Balaban J connectivity index is 1.50. The summed E-state index contributed by atoms with van der Waals surface area (Å²) in [5.74, 6) is -1.78. The predicted octanol–water partition coefficient (Wildman–Crippen LogP) is -2.04. The van der Waals surface area contributed by atoms with Crippen LogP contribution in [0.1, 0.15) is 31.1 Å². The highest BCUT2D eigenvalue weighted by Crippen LogP contribution is 2.28. The summed E-state index contributed by atoms with van der Waals surface area (Å²) in [5.41, 5.74) is 5.41. The number of aliphatic hydroxyl groups is 2. The summed E-state index contributed by atoms with van der Waals surface area (Å²) in [6, 6.07) is 8.40. The van der Waals surface area contributed by atoms with E-state index in [0.29, 0.717) is 13.0 Å². The molecule has 13 heteroatoms. The lowest BCUT2D eigenvalue weighted by molar-refractivity contribution is -0.141. The van der Waals surface area contributed by atoms with Gasteiger partial charge in [0.15, 0.2) is 12.3 Å².